The van der Waals surface area contributed by atoms with Crippen LogP contribution in [0.3, 0.4) is 0 Å². The third-order valence-electron chi connectivity index (χ3n) is 2.07. The summed E-state index contributed by atoms with van der Waals surface area (Å²) < 4.78 is 0. The predicted octanol–water partition coefficient (Wildman–Crippen LogP) is 3.08. The van der Waals surface area contributed by atoms with Gasteiger partial charge >= 0.3 is 0 Å². The molecule has 0 spiro atoms. The Kier molecular flexibility index (Phi) is 3.71. The van der Waals surface area contributed by atoms with Crippen molar-refractivity contribution in [3.8, 4) is 0 Å². The smallest absolute Gasteiger partial charge is 0.0998 e. The lowest BCUT2D eigenvalue weighted by molar-refractivity contribution is 0.215. The molecule has 0 bridgehead atoms. The minimum absolute atomic E-state index is 0.443. The first-order chi connectivity index (χ1) is 6.25. The van der Waals surface area contributed by atoms with Gasteiger partial charge in [0, 0.05) is 0 Å². The van der Waals surface area contributed by atoms with E-state index in [4.69, 9.17) is 0 Å². The lowest BCUT2D eigenvalue weighted by atomic mass is 10.0. The van der Waals surface area contributed by atoms with Gasteiger partial charge < -0.3 is 5.11 Å². The van der Waals surface area contributed by atoms with E-state index < -0.39 is 6.10 Å². The monoisotopic (exact) mass is 176 g/mol. The molecular formula is C12H16O. The molecule has 0 fully saturated rings. The van der Waals surface area contributed by atoms with Crippen molar-refractivity contribution < 1.29 is 5.11 Å². The number of hydrogen-bond acceptors (Lipinski definition) is 1. The molecule has 1 unspecified atom stereocenters. The Morgan fingerprint density at radius 2 is 2.00 bits per heavy atom. The minimum Gasteiger partial charge on any atom is -0.384 e. The Labute approximate surface area is 79.7 Å². The standard InChI is InChI=1S/C12H16O/c1-3-7-10(2)12(13)11-8-5-4-6-9-11/h4-9,12-13H,3H2,1-2H3/b10-7+. The summed E-state index contributed by atoms with van der Waals surface area (Å²) in [6, 6.07) is 9.72. The second-order valence-electron chi connectivity index (χ2n) is 3.17. The van der Waals surface area contributed by atoms with Gasteiger partial charge in [0.25, 0.3) is 0 Å². The molecule has 13 heavy (non-hydrogen) atoms. The molecule has 0 saturated carbocycles. The SMILES string of the molecule is CC/C=C(\C)C(O)c1ccccc1. The molecule has 1 atom stereocenters. The van der Waals surface area contributed by atoms with Gasteiger partial charge in [-0.2, -0.15) is 0 Å². The van der Waals surface area contributed by atoms with Crippen molar-refractivity contribution in [2.75, 3.05) is 0 Å². The van der Waals surface area contributed by atoms with Gasteiger partial charge in [0.05, 0.1) is 6.10 Å². The highest BCUT2D eigenvalue weighted by molar-refractivity contribution is 5.24. The van der Waals surface area contributed by atoms with E-state index in [1.54, 1.807) is 0 Å². The number of aliphatic hydroxyl groups excluding tert-OH is 1. The lowest BCUT2D eigenvalue weighted by Crippen LogP contribution is -1.98. The molecule has 0 aliphatic rings. The zero-order chi connectivity index (χ0) is 9.68. The van der Waals surface area contributed by atoms with Gasteiger partial charge in [-0.05, 0) is 24.5 Å². The molecule has 1 aromatic rings. The molecule has 0 saturated heterocycles. The highest BCUT2D eigenvalue weighted by Crippen LogP contribution is 2.20. The number of rotatable bonds is 3. The maximum absolute atomic E-state index is 9.85. The second kappa shape index (κ2) is 4.83. The molecule has 1 rings (SSSR count). The van der Waals surface area contributed by atoms with E-state index >= 15 is 0 Å². The van der Waals surface area contributed by atoms with Crippen molar-refractivity contribution in [1.82, 2.24) is 0 Å². The van der Waals surface area contributed by atoms with Crippen molar-refractivity contribution in [3.63, 3.8) is 0 Å². The molecule has 0 aliphatic heterocycles. The topological polar surface area (TPSA) is 20.2 Å². The van der Waals surface area contributed by atoms with Gasteiger partial charge in [-0.15, -0.1) is 0 Å². The Morgan fingerprint density at radius 1 is 1.38 bits per heavy atom. The van der Waals surface area contributed by atoms with Crippen LogP contribution >= 0.6 is 0 Å². The molecule has 0 aliphatic carbocycles. The summed E-state index contributed by atoms with van der Waals surface area (Å²) in [4.78, 5) is 0. The molecule has 1 N–H and O–H groups in total. The second-order valence-corrected chi connectivity index (χ2v) is 3.17. The summed E-state index contributed by atoms with van der Waals surface area (Å²) in [6.45, 7) is 4.03. The van der Waals surface area contributed by atoms with Gasteiger partial charge in [-0.25, -0.2) is 0 Å². The predicted molar refractivity (Wildman–Crippen MR) is 55.4 cm³/mol. The molecule has 1 heteroatoms. The summed E-state index contributed by atoms with van der Waals surface area (Å²) in [6.07, 6.45) is 2.58. The molecule has 1 aromatic carbocycles. The first-order valence-corrected chi connectivity index (χ1v) is 4.65. The van der Waals surface area contributed by atoms with E-state index in [1.807, 2.05) is 37.3 Å². The van der Waals surface area contributed by atoms with Crippen LogP contribution in [-0.4, -0.2) is 5.11 Å². The molecule has 0 radical (unpaired) electrons. The van der Waals surface area contributed by atoms with Gasteiger partial charge in [0.1, 0.15) is 0 Å². The van der Waals surface area contributed by atoms with E-state index in [2.05, 4.69) is 13.0 Å². The van der Waals surface area contributed by atoms with Crippen LogP contribution in [0, 0.1) is 0 Å². The van der Waals surface area contributed by atoms with Crippen molar-refractivity contribution in [3.05, 3.63) is 47.5 Å². The van der Waals surface area contributed by atoms with Crippen molar-refractivity contribution in [1.29, 1.82) is 0 Å². The summed E-state index contributed by atoms with van der Waals surface area (Å²) in [7, 11) is 0. The highest BCUT2D eigenvalue weighted by Gasteiger charge is 2.07. The van der Waals surface area contributed by atoms with Gasteiger partial charge in [-0.3, -0.25) is 0 Å². The van der Waals surface area contributed by atoms with Crippen LogP contribution in [0.2, 0.25) is 0 Å². The Balaban J connectivity index is 2.79. The van der Waals surface area contributed by atoms with Crippen molar-refractivity contribution in [2.45, 2.75) is 26.4 Å². The van der Waals surface area contributed by atoms with Gasteiger partial charge in [-0.1, -0.05) is 43.3 Å². The number of allylic oxidation sites excluding steroid dienone is 1. The van der Waals surface area contributed by atoms with Crippen LogP contribution < -0.4 is 0 Å². The van der Waals surface area contributed by atoms with Crippen LogP contribution in [0.1, 0.15) is 31.9 Å². The van der Waals surface area contributed by atoms with Gasteiger partial charge in [0.2, 0.25) is 0 Å². The quantitative estimate of drug-likeness (QED) is 0.702. The van der Waals surface area contributed by atoms with Crippen LogP contribution in [0.15, 0.2) is 42.0 Å². The van der Waals surface area contributed by atoms with Crippen molar-refractivity contribution in [2.24, 2.45) is 0 Å². The molecule has 0 amide bonds. The van der Waals surface area contributed by atoms with Gasteiger partial charge in [0.15, 0.2) is 0 Å². The summed E-state index contributed by atoms with van der Waals surface area (Å²) >= 11 is 0. The van der Waals surface area contributed by atoms with Crippen LogP contribution in [0.25, 0.3) is 0 Å². The molecule has 0 aromatic heterocycles. The fraction of sp³-hybridized carbons (Fsp3) is 0.333. The highest BCUT2D eigenvalue weighted by atomic mass is 16.3. The van der Waals surface area contributed by atoms with Crippen LogP contribution in [-0.2, 0) is 0 Å². The molecule has 0 heterocycles. The Morgan fingerprint density at radius 3 is 2.54 bits per heavy atom. The number of benzene rings is 1. The first kappa shape index (κ1) is 10.0. The summed E-state index contributed by atoms with van der Waals surface area (Å²) in [5.74, 6) is 0. The fourth-order valence-electron chi connectivity index (χ4n) is 1.33. The molecule has 70 valence electrons. The number of aliphatic hydroxyl groups is 1. The van der Waals surface area contributed by atoms with Crippen LogP contribution in [0.4, 0.5) is 0 Å². The van der Waals surface area contributed by atoms with Crippen LogP contribution in [0.5, 0.6) is 0 Å². The maximum atomic E-state index is 9.85. The third kappa shape index (κ3) is 2.71. The average Bonchev–Trinajstić information content (AvgIpc) is 2.18. The molecule has 1 nitrogen and oxygen atoms in total. The van der Waals surface area contributed by atoms with E-state index in [-0.39, 0.29) is 0 Å². The van der Waals surface area contributed by atoms with Crippen molar-refractivity contribution >= 4 is 0 Å². The lowest BCUT2D eigenvalue weighted by Gasteiger charge is -2.11. The maximum Gasteiger partial charge on any atom is 0.0998 e. The Hall–Kier alpha value is -1.08. The average molecular weight is 176 g/mol. The third-order valence-corrected chi connectivity index (χ3v) is 2.07. The zero-order valence-electron chi connectivity index (χ0n) is 8.20. The Bertz CT molecular complexity index is 274. The van der Waals surface area contributed by atoms with E-state index in [9.17, 15) is 5.11 Å². The fourth-order valence-corrected chi connectivity index (χ4v) is 1.33. The minimum atomic E-state index is -0.443. The van der Waals surface area contributed by atoms with E-state index in [1.165, 1.54) is 0 Å². The zero-order valence-corrected chi connectivity index (χ0v) is 8.20. The largest absolute Gasteiger partial charge is 0.384 e. The first-order valence-electron chi connectivity index (χ1n) is 4.65. The summed E-state index contributed by atoms with van der Waals surface area (Å²) in [5.41, 5.74) is 1.98. The normalized spacial score (nSPS) is 14.2. The molecular weight excluding hydrogens is 160 g/mol. The number of hydrogen-bond donors (Lipinski definition) is 1. The summed E-state index contributed by atoms with van der Waals surface area (Å²) in [5, 5.41) is 9.85. The van der Waals surface area contributed by atoms with E-state index in [0.29, 0.717) is 0 Å². The van der Waals surface area contributed by atoms with E-state index in [0.717, 1.165) is 17.6 Å².